The Kier molecular flexibility index (Phi) is 2.00. The normalized spacial score (nSPS) is 23.5. The van der Waals surface area contributed by atoms with Crippen LogP contribution < -0.4 is 5.32 Å². The molecule has 3 nitrogen and oxygen atoms in total. The molecule has 0 aromatic carbocycles. The van der Waals surface area contributed by atoms with E-state index in [-0.39, 0.29) is 5.54 Å². The van der Waals surface area contributed by atoms with Crippen LogP contribution >= 0.6 is 0 Å². The van der Waals surface area contributed by atoms with E-state index in [9.17, 15) is 0 Å². The summed E-state index contributed by atoms with van der Waals surface area (Å²) in [5.41, 5.74) is 0.942. The summed E-state index contributed by atoms with van der Waals surface area (Å²) in [6.07, 6.45) is 1.85. The molecular weight excluding hydrogens is 138 g/mol. The highest BCUT2D eigenvalue weighted by Crippen LogP contribution is 2.17. The summed E-state index contributed by atoms with van der Waals surface area (Å²) in [7, 11) is 1.91. The van der Waals surface area contributed by atoms with Gasteiger partial charge in [-0.15, -0.1) is 0 Å². The first-order valence-electron chi connectivity index (χ1n) is 3.74. The van der Waals surface area contributed by atoms with Crippen LogP contribution in [-0.2, 0) is 0 Å². The van der Waals surface area contributed by atoms with Crippen molar-refractivity contribution < 1.29 is 0 Å². The summed E-state index contributed by atoms with van der Waals surface area (Å²) >= 11 is 0. The van der Waals surface area contributed by atoms with Crippen LogP contribution in [0.2, 0.25) is 0 Å². The predicted molar refractivity (Wildman–Crippen MR) is 47.5 cm³/mol. The van der Waals surface area contributed by atoms with Crippen molar-refractivity contribution in [3.8, 4) is 0 Å². The Morgan fingerprint density at radius 3 is 3.00 bits per heavy atom. The van der Waals surface area contributed by atoms with E-state index in [1.54, 1.807) is 5.01 Å². The Bertz CT molecular complexity index is 194. The molecule has 0 radical (unpaired) electrons. The molecule has 0 bridgehead atoms. The number of rotatable bonds is 0. The second-order valence-corrected chi connectivity index (χ2v) is 3.27. The molecule has 1 aliphatic rings. The smallest absolute Gasteiger partial charge is 0.0544 e. The minimum Gasteiger partial charge on any atom is -0.301 e. The molecule has 3 heteroatoms. The molecule has 0 spiro atoms. The summed E-state index contributed by atoms with van der Waals surface area (Å²) in [5.74, 6) is 0. The van der Waals surface area contributed by atoms with Gasteiger partial charge in [0.25, 0.3) is 0 Å². The minimum absolute atomic E-state index is 0.0503. The highest BCUT2D eigenvalue weighted by atomic mass is 15.5. The van der Waals surface area contributed by atoms with Crippen LogP contribution in [0.3, 0.4) is 0 Å². The number of nitrogens with zero attached hydrogens (tertiary/aromatic N) is 2. The van der Waals surface area contributed by atoms with Crippen molar-refractivity contribution in [1.82, 2.24) is 10.3 Å². The van der Waals surface area contributed by atoms with Crippen molar-refractivity contribution in [3.63, 3.8) is 0 Å². The molecule has 0 aromatic rings. The lowest BCUT2D eigenvalue weighted by atomic mass is 10.0. The molecule has 0 unspecified atom stereocenters. The number of hydrogen-bond donors (Lipinski definition) is 1. The molecule has 1 rings (SSSR count). The topological polar surface area (TPSA) is 27.6 Å². The van der Waals surface area contributed by atoms with E-state index >= 15 is 0 Å². The van der Waals surface area contributed by atoms with Gasteiger partial charge >= 0.3 is 0 Å². The molecular formula is C8H15N3. The summed E-state index contributed by atoms with van der Waals surface area (Å²) in [5, 5.41) is 9.26. The Hall–Kier alpha value is -0.830. The summed E-state index contributed by atoms with van der Waals surface area (Å²) in [6.45, 7) is 8.96. The SMILES string of the molecule is C=C1N(C)N=CCNC1(C)C. The first kappa shape index (κ1) is 8.27. The van der Waals surface area contributed by atoms with E-state index < -0.39 is 0 Å². The van der Waals surface area contributed by atoms with E-state index in [4.69, 9.17) is 0 Å². The summed E-state index contributed by atoms with van der Waals surface area (Å²) in [6, 6.07) is 0. The Balaban J connectivity index is 2.82. The second kappa shape index (κ2) is 2.66. The Morgan fingerprint density at radius 1 is 1.73 bits per heavy atom. The lowest BCUT2D eigenvalue weighted by molar-refractivity contribution is 0.346. The third-order valence-corrected chi connectivity index (χ3v) is 2.00. The van der Waals surface area contributed by atoms with Gasteiger partial charge in [-0.05, 0) is 13.8 Å². The van der Waals surface area contributed by atoms with Gasteiger partial charge in [-0.2, -0.15) is 5.10 Å². The molecule has 1 N–H and O–H groups in total. The van der Waals surface area contributed by atoms with Crippen LogP contribution in [-0.4, -0.2) is 30.4 Å². The largest absolute Gasteiger partial charge is 0.301 e. The molecule has 11 heavy (non-hydrogen) atoms. The molecule has 0 saturated heterocycles. The third-order valence-electron chi connectivity index (χ3n) is 2.00. The highest BCUT2D eigenvalue weighted by Gasteiger charge is 2.24. The van der Waals surface area contributed by atoms with Crippen LogP contribution in [0.5, 0.6) is 0 Å². The lowest BCUT2D eigenvalue weighted by Crippen LogP contribution is -2.43. The zero-order valence-electron chi connectivity index (χ0n) is 7.39. The van der Waals surface area contributed by atoms with Crippen LogP contribution in [0.1, 0.15) is 13.8 Å². The number of nitrogens with one attached hydrogen (secondary N) is 1. The van der Waals surface area contributed by atoms with E-state index in [0.29, 0.717) is 0 Å². The minimum atomic E-state index is -0.0503. The number of hydrazone groups is 1. The molecule has 0 aromatic heterocycles. The van der Waals surface area contributed by atoms with Crippen molar-refractivity contribution in [2.45, 2.75) is 19.4 Å². The van der Waals surface area contributed by atoms with Gasteiger partial charge in [0.1, 0.15) is 0 Å². The van der Waals surface area contributed by atoms with Gasteiger partial charge in [0, 0.05) is 25.5 Å². The molecule has 62 valence electrons. The van der Waals surface area contributed by atoms with Gasteiger partial charge in [0.2, 0.25) is 0 Å². The van der Waals surface area contributed by atoms with E-state index in [0.717, 1.165) is 12.2 Å². The molecule has 1 aliphatic heterocycles. The maximum absolute atomic E-state index is 4.15. The molecule has 0 atom stereocenters. The molecule has 1 heterocycles. The van der Waals surface area contributed by atoms with E-state index in [2.05, 4.69) is 30.8 Å². The average Bonchev–Trinajstić information content (AvgIpc) is 2.03. The van der Waals surface area contributed by atoms with Crippen LogP contribution in [0.4, 0.5) is 0 Å². The maximum Gasteiger partial charge on any atom is 0.0544 e. The van der Waals surface area contributed by atoms with Gasteiger partial charge in [0.15, 0.2) is 0 Å². The zero-order valence-corrected chi connectivity index (χ0v) is 7.39. The van der Waals surface area contributed by atoms with E-state index in [1.807, 2.05) is 13.3 Å². The van der Waals surface area contributed by atoms with Gasteiger partial charge in [-0.25, -0.2) is 0 Å². The highest BCUT2D eigenvalue weighted by molar-refractivity contribution is 5.60. The molecule has 0 fully saturated rings. The Morgan fingerprint density at radius 2 is 2.36 bits per heavy atom. The molecule has 0 aliphatic carbocycles. The van der Waals surface area contributed by atoms with Gasteiger partial charge in [0.05, 0.1) is 5.54 Å². The molecule has 0 amide bonds. The first-order chi connectivity index (χ1) is 5.04. The van der Waals surface area contributed by atoms with Crippen LogP contribution in [0.25, 0.3) is 0 Å². The van der Waals surface area contributed by atoms with Gasteiger partial charge < -0.3 is 5.32 Å². The van der Waals surface area contributed by atoms with Crippen molar-refractivity contribution in [1.29, 1.82) is 0 Å². The zero-order chi connectivity index (χ0) is 8.48. The maximum atomic E-state index is 4.15. The monoisotopic (exact) mass is 153 g/mol. The lowest BCUT2D eigenvalue weighted by Gasteiger charge is -2.29. The van der Waals surface area contributed by atoms with Crippen molar-refractivity contribution >= 4 is 6.21 Å². The molecule has 0 saturated carbocycles. The Labute approximate surface area is 67.8 Å². The van der Waals surface area contributed by atoms with Crippen LogP contribution in [0.15, 0.2) is 17.4 Å². The van der Waals surface area contributed by atoms with Gasteiger partial charge in [-0.3, -0.25) is 5.01 Å². The standard InChI is InChI=1S/C8H15N3/c1-7-8(2,3)9-5-6-10-11(7)4/h6,9H,1,5H2,2-4H3. The van der Waals surface area contributed by atoms with Gasteiger partial charge in [-0.1, -0.05) is 6.58 Å². The average molecular weight is 153 g/mol. The fraction of sp³-hybridized carbons (Fsp3) is 0.625. The fourth-order valence-electron chi connectivity index (χ4n) is 1.04. The number of hydrogen-bond acceptors (Lipinski definition) is 3. The summed E-state index contributed by atoms with van der Waals surface area (Å²) in [4.78, 5) is 0. The van der Waals surface area contributed by atoms with Crippen molar-refractivity contribution in [2.24, 2.45) is 5.10 Å². The fourth-order valence-corrected chi connectivity index (χ4v) is 1.04. The van der Waals surface area contributed by atoms with E-state index in [1.165, 1.54) is 0 Å². The second-order valence-electron chi connectivity index (χ2n) is 3.27. The quantitative estimate of drug-likeness (QED) is 0.557. The van der Waals surface area contributed by atoms with Crippen molar-refractivity contribution in [3.05, 3.63) is 12.3 Å². The van der Waals surface area contributed by atoms with Crippen LogP contribution in [0, 0.1) is 0 Å². The number of likely N-dealkylation sites (N-methyl/N-ethyl adjacent to an activating group) is 1. The predicted octanol–water partition coefficient (Wildman–Crippen LogP) is 0.799. The van der Waals surface area contributed by atoms with Crippen molar-refractivity contribution in [2.75, 3.05) is 13.6 Å². The third kappa shape index (κ3) is 1.60. The first-order valence-corrected chi connectivity index (χ1v) is 3.74. The summed E-state index contributed by atoms with van der Waals surface area (Å²) < 4.78 is 0.